The van der Waals surface area contributed by atoms with Gasteiger partial charge in [-0.3, -0.25) is 5.41 Å². The number of halogens is 3. The molecule has 1 N–H and O–H groups in total. The summed E-state index contributed by atoms with van der Waals surface area (Å²) in [5.74, 6) is -12.2. The predicted molar refractivity (Wildman–Crippen MR) is 425 cm³/mol. The second-order valence-corrected chi connectivity index (χ2v) is 29.1. The molecule has 10 aromatic carbocycles. The van der Waals surface area contributed by atoms with Crippen LogP contribution in [0, 0.1) is 5.41 Å². The van der Waals surface area contributed by atoms with Gasteiger partial charge < -0.3 is 75.8 Å². The van der Waals surface area contributed by atoms with Gasteiger partial charge in [0.25, 0.3) is 3.79 Å². The molecule has 3 fully saturated rings. The van der Waals surface area contributed by atoms with Crippen LogP contribution in [0.1, 0.15) is 104 Å². The normalized spacial score (nSPS) is 22.5. The zero-order chi connectivity index (χ0) is 84.1. The fraction of sp³-hybridized carbons (Fsp3) is 0.211. The molecule has 0 bridgehead atoms. The number of rotatable bonds is 28. The monoisotopic (exact) mass is 1690 g/mol. The lowest BCUT2D eigenvalue weighted by Crippen LogP contribution is -2.68. The number of esters is 10. The van der Waals surface area contributed by atoms with Gasteiger partial charge in [0.05, 0.1) is 62.2 Å². The number of carbonyl (C=O) groups is 10. The summed E-state index contributed by atoms with van der Waals surface area (Å²) in [5.41, 5.74) is -0.780. The van der Waals surface area contributed by atoms with Crippen molar-refractivity contribution in [2.45, 2.75) is 95.9 Å². The van der Waals surface area contributed by atoms with Gasteiger partial charge in [-0.1, -0.05) is 217 Å². The highest BCUT2D eigenvalue weighted by molar-refractivity contribution is 6.76. The van der Waals surface area contributed by atoms with Gasteiger partial charge in [0.2, 0.25) is 12.2 Å². The van der Waals surface area contributed by atoms with Crippen molar-refractivity contribution in [2.24, 2.45) is 0 Å². The van der Waals surface area contributed by atoms with Crippen molar-refractivity contribution < 1.29 is 124 Å². The number of ether oxygens (including phenoxy) is 16. The minimum Gasteiger partial charge on any atom is -0.459 e. The van der Waals surface area contributed by atoms with E-state index in [4.69, 9.17) is 111 Å². The molecule has 3 heterocycles. The molecule has 10 aromatic rings. The number of benzene rings is 10. The Bertz CT molecular complexity index is 5170. The van der Waals surface area contributed by atoms with Crippen LogP contribution in [0.15, 0.2) is 303 Å². The first kappa shape index (κ1) is 84.9. The second-order valence-electron chi connectivity index (χ2n) is 26.8. The van der Waals surface area contributed by atoms with Crippen molar-refractivity contribution in [3.8, 4) is 0 Å². The van der Waals surface area contributed by atoms with E-state index in [2.05, 4.69) is 0 Å². The Labute approximate surface area is 700 Å². The number of hydrogen-bond donors (Lipinski definition) is 1. The molecular formula is C90H72Cl3NO26. The molecule has 0 aliphatic carbocycles. The molecule has 0 unspecified atom stereocenters. The molecule has 0 spiro atoms. The summed E-state index contributed by atoms with van der Waals surface area (Å²) in [4.78, 5) is 148. The van der Waals surface area contributed by atoms with Crippen molar-refractivity contribution in [2.75, 3.05) is 19.8 Å². The lowest BCUT2D eigenvalue weighted by atomic mass is 9.95. The van der Waals surface area contributed by atoms with Crippen LogP contribution in [0.4, 0.5) is 0 Å². The molecule has 3 aliphatic heterocycles. The number of carbonyl (C=O) groups excluding carboxylic acids is 10. The van der Waals surface area contributed by atoms with E-state index in [-0.39, 0.29) is 55.6 Å². The highest BCUT2D eigenvalue weighted by atomic mass is 35.6. The first-order valence-electron chi connectivity index (χ1n) is 37.3. The molecule has 13 rings (SSSR count). The van der Waals surface area contributed by atoms with E-state index >= 15 is 19.2 Å². The molecule has 27 nitrogen and oxygen atoms in total. The molecule has 30 heteroatoms. The van der Waals surface area contributed by atoms with E-state index in [9.17, 15) is 34.2 Å². The lowest BCUT2D eigenvalue weighted by molar-refractivity contribution is -0.357. The maximum atomic E-state index is 15.4. The summed E-state index contributed by atoms with van der Waals surface area (Å²) < 4.78 is 101. The summed E-state index contributed by atoms with van der Waals surface area (Å²) in [6.07, 6.45) is -32.2. The van der Waals surface area contributed by atoms with E-state index in [1.165, 1.54) is 206 Å². The van der Waals surface area contributed by atoms with Crippen molar-refractivity contribution in [1.29, 1.82) is 5.41 Å². The quantitative estimate of drug-likeness (QED) is 0.0156. The van der Waals surface area contributed by atoms with Crippen LogP contribution in [0.5, 0.6) is 0 Å². The van der Waals surface area contributed by atoms with E-state index in [1.54, 1.807) is 97.1 Å². The molecule has 614 valence electrons. The molecule has 0 amide bonds. The molecule has 0 radical (unpaired) electrons. The van der Waals surface area contributed by atoms with Gasteiger partial charge in [-0.05, 0) is 121 Å². The molecule has 0 aromatic heterocycles. The van der Waals surface area contributed by atoms with Crippen LogP contribution >= 0.6 is 34.8 Å². The molecule has 15 atom stereocenters. The van der Waals surface area contributed by atoms with E-state index in [0.717, 1.165) is 0 Å². The Morgan fingerprint density at radius 1 is 0.242 bits per heavy atom. The largest absolute Gasteiger partial charge is 0.459 e. The average molecular weight is 1690 g/mol. The molecular weight excluding hydrogens is 1620 g/mol. The van der Waals surface area contributed by atoms with Gasteiger partial charge >= 0.3 is 59.7 Å². The first-order chi connectivity index (χ1) is 58.2. The minimum absolute atomic E-state index is 0.0186. The van der Waals surface area contributed by atoms with Crippen molar-refractivity contribution >= 4 is 100 Å². The van der Waals surface area contributed by atoms with Crippen molar-refractivity contribution in [1.82, 2.24) is 0 Å². The third-order valence-corrected chi connectivity index (χ3v) is 19.3. The topological polar surface area (TPSA) is 342 Å². The zero-order valence-corrected chi connectivity index (χ0v) is 65.2. The Morgan fingerprint density at radius 3 is 0.708 bits per heavy atom. The summed E-state index contributed by atoms with van der Waals surface area (Å²) in [7, 11) is 0. The van der Waals surface area contributed by atoms with Crippen LogP contribution in [0.3, 0.4) is 0 Å². The number of hydrogen-bond acceptors (Lipinski definition) is 27. The van der Waals surface area contributed by atoms with Gasteiger partial charge in [-0.15, -0.1) is 0 Å². The Hall–Kier alpha value is -13.0. The van der Waals surface area contributed by atoms with Gasteiger partial charge in [0, 0.05) is 0 Å². The molecule has 0 saturated carbocycles. The predicted octanol–water partition coefficient (Wildman–Crippen LogP) is 13.4. The Kier molecular flexibility index (Phi) is 28.6. The highest BCUT2D eigenvalue weighted by Gasteiger charge is 2.61. The van der Waals surface area contributed by atoms with Crippen molar-refractivity contribution in [3.63, 3.8) is 0 Å². The third-order valence-electron chi connectivity index (χ3n) is 18.8. The summed E-state index contributed by atoms with van der Waals surface area (Å²) in [6, 6.07) is 74.4. The van der Waals surface area contributed by atoms with Crippen LogP contribution in [-0.2, 0) is 75.8 Å². The Morgan fingerprint density at radius 2 is 0.442 bits per heavy atom. The van der Waals surface area contributed by atoms with Crippen molar-refractivity contribution in [3.05, 3.63) is 359 Å². The van der Waals surface area contributed by atoms with Gasteiger partial charge in [0.1, 0.15) is 37.6 Å². The maximum Gasteiger partial charge on any atom is 0.338 e. The second kappa shape index (κ2) is 40.5. The first-order valence-corrected chi connectivity index (χ1v) is 38.4. The third kappa shape index (κ3) is 21.9. The SMILES string of the molecule is N=C(O[C@H]1O[C@H](CO[C@H]2O[C@H](COC(=O)c3ccccc3)[C@@H](OC(=O)c3ccccc3)[C@H](OC(=O)c3ccccc3)[C@@H]2OC(=O)c2ccccc2)[C@@H](OC(=O)c2ccccc2)[C@H](O[C@H]2O[C@H](COC(=O)c3ccccc3)[C@@H](OC(=O)c3ccccc3)[C@H](OC(=O)c3ccccc3)[C@@H]2OC(=O)c2ccccc2)[C@@H]1OC(=O)c1ccccc1)C(Cl)(Cl)Cl. The zero-order valence-electron chi connectivity index (χ0n) is 62.9. The van der Waals surface area contributed by atoms with E-state index in [0.29, 0.717) is 0 Å². The van der Waals surface area contributed by atoms with E-state index < -0.39 is 181 Å². The van der Waals surface area contributed by atoms with Gasteiger partial charge in [0.15, 0.2) is 61.4 Å². The smallest absolute Gasteiger partial charge is 0.338 e. The van der Waals surface area contributed by atoms with E-state index in [1.807, 2.05) is 0 Å². The number of alkyl halides is 3. The summed E-state index contributed by atoms with van der Waals surface area (Å²) in [5, 5.41) is 9.18. The maximum absolute atomic E-state index is 15.4. The molecule has 3 saturated heterocycles. The van der Waals surface area contributed by atoms with Crippen LogP contribution in [0.2, 0.25) is 0 Å². The number of nitrogens with one attached hydrogen (secondary N) is 1. The van der Waals surface area contributed by atoms with Gasteiger partial charge in [-0.25, -0.2) is 47.9 Å². The fourth-order valence-corrected chi connectivity index (χ4v) is 13.0. The molecule has 120 heavy (non-hydrogen) atoms. The van der Waals surface area contributed by atoms with Crippen LogP contribution in [-0.4, -0.2) is 181 Å². The fourth-order valence-electron chi connectivity index (χ4n) is 12.9. The summed E-state index contributed by atoms with van der Waals surface area (Å²) >= 11 is 19.3. The van der Waals surface area contributed by atoms with Crippen LogP contribution < -0.4 is 0 Å². The lowest BCUT2D eigenvalue weighted by Gasteiger charge is -2.49. The standard InChI is InChI=1S/C90H72Cl3NO26/c91-90(92,93)89(94)120-88-75(118-85(104)63-49-29-10-30-50-63)72(119-87-74(117-84(103)62-47-27-9-28-48-62)71(115-82(101)60-43-23-7-24-44-60)68(112-79(98)57-37-17-4-18-38-57)65(109-87)52-106-77(96)55-33-13-2-14-34-55)69(113-80(99)58-39-19-5-20-40-58)66(110-88)53-107-86-73(116-83(102)61-45-25-8-26-46-61)70(114-81(100)59-41-21-6-22-42-59)67(111-78(97)56-35-15-3-16-36-56)64(108-86)51-105-76(95)54-31-11-1-12-32-54/h1-50,64-75,86-88,94H,51-53H2/t64-,65-,66-,67-,68-,69-,70+,71+,72+,73+,74+,75+,86+,87-,88-/m1/s1. The minimum atomic E-state index is -2.80. The highest BCUT2D eigenvalue weighted by Crippen LogP contribution is 2.41. The van der Waals surface area contributed by atoms with Crippen LogP contribution in [0.25, 0.3) is 0 Å². The Balaban J connectivity index is 0.992. The average Bonchev–Trinajstić information content (AvgIpc) is 0.751. The molecule has 3 aliphatic rings. The van der Waals surface area contributed by atoms with Gasteiger partial charge in [-0.2, -0.15) is 0 Å². The summed E-state index contributed by atoms with van der Waals surface area (Å²) in [6.45, 7) is -2.90.